The Kier molecular flexibility index (Phi) is 4.20. The second kappa shape index (κ2) is 6.45. The Balaban J connectivity index is 1.32. The fraction of sp³-hybridized carbons (Fsp3) is 0.368. The van der Waals surface area contributed by atoms with E-state index in [9.17, 15) is 0 Å². The van der Waals surface area contributed by atoms with Crippen molar-refractivity contribution in [3.05, 3.63) is 65.2 Å². The molecule has 2 nitrogen and oxygen atoms in total. The van der Waals surface area contributed by atoms with Crippen molar-refractivity contribution >= 4 is 11.8 Å². The highest BCUT2D eigenvalue weighted by Crippen LogP contribution is 2.35. The Bertz CT molecular complexity index is 630. The molecule has 2 aromatic carbocycles. The van der Waals surface area contributed by atoms with Crippen LogP contribution in [-0.2, 0) is 13.1 Å². The van der Waals surface area contributed by atoms with E-state index >= 15 is 0 Å². The molecule has 0 amide bonds. The van der Waals surface area contributed by atoms with E-state index in [2.05, 4.69) is 58.7 Å². The van der Waals surface area contributed by atoms with Gasteiger partial charge in [0, 0.05) is 37.1 Å². The molecule has 0 aromatic heterocycles. The van der Waals surface area contributed by atoms with Crippen molar-refractivity contribution in [3.8, 4) is 0 Å². The van der Waals surface area contributed by atoms with Crippen LogP contribution in [0.2, 0.25) is 0 Å². The molecule has 0 aliphatic carbocycles. The van der Waals surface area contributed by atoms with Gasteiger partial charge in [-0.1, -0.05) is 42.5 Å². The summed E-state index contributed by atoms with van der Waals surface area (Å²) in [4.78, 5) is 4.00. The third-order valence-electron chi connectivity index (χ3n) is 4.68. The van der Waals surface area contributed by atoms with Crippen LogP contribution in [0.4, 0.5) is 0 Å². The van der Waals surface area contributed by atoms with Crippen molar-refractivity contribution in [2.75, 3.05) is 18.8 Å². The molecule has 2 aliphatic heterocycles. The molecule has 0 radical (unpaired) electrons. The number of fused-ring (bicyclic) bond motifs is 2. The Hall–Kier alpha value is -1.29. The minimum atomic E-state index is 0.530. The number of hydrogen-bond acceptors (Lipinski definition) is 3. The Morgan fingerprint density at radius 2 is 1.73 bits per heavy atom. The van der Waals surface area contributed by atoms with Gasteiger partial charge in [0.2, 0.25) is 0 Å². The average molecular weight is 310 g/mol. The molecule has 2 heterocycles. The van der Waals surface area contributed by atoms with Crippen LogP contribution in [0.5, 0.6) is 0 Å². The van der Waals surface area contributed by atoms with Gasteiger partial charge in [-0.2, -0.15) is 0 Å². The average Bonchev–Trinajstić information content (AvgIpc) is 2.98. The van der Waals surface area contributed by atoms with Gasteiger partial charge < -0.3 is 5.32 Å². The minimum Gasteiger partial charge on any atom is -0.309 e. The van der Waals surface area contributed by atoms with Gasteiger partial charge in [0.1, 0.15) is 0 Å². The summed E-state index contributed by atoms with van der Waals surface area (Å²) in [5.74, 6) is 1.23. The molecule has 0 unspecified atom stereocenters. The van der Waals surface area contributed by atoms with Crippen molar-refractivity contribution in [2.45, 2.75) is 30.4 Å². The smallest absolute Gasteiger partial charge is 0.0339 e. The van der Waals surface area contributed by atoms with Crippen LogP contribution in [0, 0.1) is 0 Å². The van der Waals surface area contributed by atoms with E-state index in [4.69, 9.17) is 0 Å². The SMILES string of the molecule is c1ccc2c(c1)CN(CCN[C@H]1CCSc3ccccc31)C2. The second-order valence-electron chi connectivity index (χ2n) is 6.16. The zero-order valence-electron chi connectivity index (χ0n) is 12.8. The number of nitrogens with zero attached hydrogens (tertiary/aromatic N) is 1. The van der Waals surface area contributed by atoms with E-state index in [-0.39, 0.29) is 0 Å². The molecular weight excluding hydrogens is 288 g/mol. The minimum absolute atomic E-state index is 0.530. The van der Waals surface area contributed by atoms with Crippen LogP contribution in [0.25, 0.3) is 0 Å². The fourth-order valence-corrected chi connectivity index (χ4v) is 4.64. The topological polar surface area (TPSA) is 15.3 Å². The maximum Gasteiger partial charge on any atom is 0.0339 e. The molecule has 4 rings (SSSR count). The molecule has 22 heavy (non-hydrogen) atoms. The summed E-state index contributed by atoms with van der Waals surface area (Å²) >= 11 is 1.99. The van der Waals surface area contributed by atoms with Crippen LogP contribution in [-0.4, -0.2) is 23.7 Å². The molecule has 1 N–H and O–H groups in total. The standard InChI is InChI=1S/C19H22N2S/c1-2-6-16-14-21(13-15(16)5-1)11-10-20-18-9-12-22-19-8-4-3-7-17(18)19/h1-8,18,20H,9-14H2/t18-/m0/s1. The molecule has 2 aromatic rings. The predicted molar refractivity (Wildman–Crippen MR) is 93.1 cm³/mol. The van der Waals surface area contributed by atoms with Crippen LogP contribution < -0.4 is 5.32 Å². The lowest BCUT2D eigenvalue weighted by Gasteiger charge is -2.27. The van der Waals surface area contributed by atoms with Crippen molar-refractivity contribution in [2.24, 2.45) is 0 Å². The van der Waals surface area contributed by atoms with E-state index in [1.165, 1.54) is 33.8 Å². The lowest BCUT2D eigenvalue weighted by molar-refractivity contribution is 0.277. The molecule has 0 fully saturated rings. The first-order chi connectivity index (χ1) is 10.9. The van der Waals surface area contributed by atoms with Crippen molar-refractivity contribution in [1.82, 2.24) is 10.2 Å². The highest BCUT2D eigenvalue weighted by atomic mass is 32.2. The van der Waals surface area contributed by atoms with E-state index in [1.807, 2.05) is 11.8 Å². The maximum atomic E-state index is 3.78. The third kappa shape index (κ3) is 2.94. The number of benzene rings is 2. The first kappa shape index (κ1) is 14.3. The summed E-state index contributed by atoms with van der Waals surface area (Å²) in [5, 5.41) is 3.78. The first-order valence-corrected chi connectivity index (χ1v) is 9.13. The normalized spacial score (nSPS) is 20.6. The highest BCUT2D eigenvalue weighted by molar-refractivity contribution is 7.99. The molecule has 1 atom stereocenters. The quantitative estimate of drug-likeness (QED) is 0.924. The summed E-state index contributed by atoms with van der Waals surface area (Å²) in [7, 11) is 0. The zero-order chi connectivity index (χ0) is 14.8. The van der Waals surface area contributed by atoms with Crippen LogP contribution in [0.1, 0.15) is 29.2 Å². The highest BCUT2D eigenvalue weighted by Gasteiger charge is 2.21. The molecule has 0 saturated carbocycles. The van der Waals surface area contributed by atoms with E-state index in [1.54, 1.807) is 0 Å². The number of rotatable bonds is 4. The van der Waals surface area contributed by atoms with E-state index in [0.29, 0.717) is 6.04 Å². The van der Waals surface area contributed by atoms with Crippen LogP contribution in [0.3, 0.4) is 0 Å². The predicted octanol–water partition coefficient (Wildman–Crippen LogP) is 3.83. The van der Waals surface area contributed by atoms with E-state index < -0.39 is 0 Å². The number of hydrogen-bond donors (Lipinski definition) is 1. The Labute approximate surface area is 136 Å². The summed E-state index contributed by atoms with van der Waals surface area (Å²) in [5.41, 5.74) is 4.49. The second-order valence-corrected chi connectivity index (χ2v) is 7.30. The molecule has 2 aliphatic rings. The largest absolute Gasteiger partial charge is 0.309 e. The van der Waals surface area contributed by atoms with Gasteiger partial charge in [0.05, 0.1) is 0 Å². The molecular formula is C19H22N2S. The Morgan fingerprint density at radius 1 is 1.00 bits per heavy atom. The molecule has 0 bridgehead atoms. The summed E-state index contributed by atoms with van der Waals surface area (Å²) in [6, 6.07) is 18.2. The third-order valence-corrected chi connectivity index (χ3v) is 5.81. The van der Waals surface area contributed by atoms with Crippen LogP contribution >= 0.6 is 11.8 Å². The summed E-state index contributed by atoms with van der Waals surface area (Å²) in [6.45, 7) is 4.40. The molecule has 0 spiro atoms. The van der Waals surface area contributed by atoms with Gasteiger partial charge in [-0.25, -0.2) is 0 Å². The monoisotopic (exact) mass is 310 g/mol. The number of thioether (sulfide) groups is 1. The molecule has 114 valence electrons. The van der Waals surface area contributed by atoms with E-state index in [0.717, 1.165) is 26.2 Å². The maximum absolute atomic E-state index is 3.78. The van der Waals surface area contributed by atoms with Gasteiger partial charge in [-0.05, 0) is 34.9 Å². The number of nitrogens with one attached hydrogen (secondary N) is 1. The van der Waals surface area contributed by atoms with Crippen molar-refractivity contribution in [3.63, 3.8) is 0 Å². The van der Waals surface area contributed by atoms with Gasteiger partial charge in [0.15, 0.2) is 0 Å². The van der Waals surface area contributed by atoms with Crippen molar-refractivity contribution in [1.29, 1.82) is 0 Å². The van der Waals surface area contributed by atoms with Crippen LogP contribution in [0.15, 0.2) is 53.4 Å². The van der Waals surface area contributed by atoms with Crippen molar-refractivity contribution < 1.29 is 0 Å². The lowest BCUT2D eigenvalue weighted by atomic mass is 10.0. The van der Waals surface area contributed by atoms with Gasteiger partial charge in [0.25, 0.3) is 0 Å². The zero-order valence-corrected chi connectivity index (χ0v) is 13.6. The van der Waals surface area contributed by atoms with Gasteiger partial charge in [-0.3, -0.25) is 4.90 Å². The van der Waals surface area contributed by atoms with Gasteiger partial charge >= 0.3 is 0 Å². The lowest BCUT2D eigenvalue weighted by Crippen LogP contribution is -2.32. The molecule has 3 heteroatoms. The Morgan fingerprint density at radius 3 is 2.55 bits per heavy atom. The fourth-order valence-electron chi connectivity index (χ4n) is 3.51. The van der Waals surface area contributed by atoms with Gasteiger partial charge in [-0.15, -0.1) is 11.8 Å². The summed E-state index contributed by atoms with van der Waals surface area (Å²) in [6.07, 6.45) is 1.24. The first-order valence-electron chi connectivity index (χ1n) is 8.14. The summed E-state index contributed by atoms with van der Waals surface area (Å²) < 4.78 is 0. The molecule has 0 saturated heterocycles.